The zero-order valence-corrected chi connectivity index (χ0v) is 26.3. The minimum Gasteiger partial charge on any atom is -0.463 e. The average molecular weight is 633 g/mol. The second-order valence-corrected chi connectivity index (χ2v) is 12.8. The summed E-state index contributed by atoms with van der Waals surface area (Å²) < 4.78 is 39.5. The van der Waals surface area contributed by atoms with Gasteiger partial charge in [-0.25, -0.2) is 13.2 Å². The highest BCUT2D eigenvalue weighted by Gasteiger charge is 2.30. The maximum Gasteiger partial charge on any atom is 0.407 e. The fraction of sp³-hybridized carbons (Fsp3) is 0.242. The second kappa shape index (κ2) is 14.1. The van der Waals surface area contributed by atoms with Crippen LogP contribution in [0.2, 0.25) is 0 Å². The van der Waals surface area contributed by atoms with Crippen molar-refractivity contribution in [3.05, 3.63) is 96.6 Å². The number of benzene rings is 4. The highest BCUT2D eigenvalue weighted by atomic mass is 32.2. The van der Waals surface area contributed by atoms with Crippen molar-refractivity contribution in [3.63, 3.8) is 0 Å². The third-order valence-electron chi connectivity index (χ3n) is 6.82. The number of sulfonamides is 1. The summed E-state index contributed by atoms with van der Waals surface area (Å²) in [6.45, 7) is 2.61. The number of rotatable bonds is 12. The molecule has 0 atom stereocenters. The Bertz CT molecular complexity index is 1770. The first-order valence-electron chi connectivity index (χ1n) is 14.1. The Morgan fingerprint density at radius 2 is 1.42 bits per heavy atom. The SMILES string of the molecule is CN(C)c1cccc2c(S(=O)(=O)Nc3ccc(NC(=O)C(C)(C)COC(=O)CNC(=O)OCc4ccccc4)cc3)cccc12. The van der Waals surface area contributed by atoms with Crippen molar-refractivity contribution in [1.82, 2.24) is 5.32 Å². The van der Waals surface area contributed by atoms with Crippen LogP contribution in [0.1, 0.15) is 19.4 Å². The van der Waals surface area contributed by atoms with Gasteiger partial charge in [0.05, 0.1) is 10.3 Å². The van der Waals surface area contributed by atoms with E-state index in [0.717, 1.165) is 16.6 Å². The summed E-state index contributed by atoms with van der Waals surface area (Å²) in [6, 6.07) is 26.0. The van der Waals surface area contributed by atoms with Gasteiger partial charge in [0.1, 0.15) is 19.8 Å². The van der Waals surface area contributed by atoms with Gasteiger partial charge in [-0.2, -0.15) is 0 Å². The predicted octanol–water partition coefficient (Wildman–Crippen LogP) is 5.14. The molecule has 4 aromatic rings. The summed E-state index contributed by atoms with van der Waals surface area (Å²) in [5.74, 6) is -1.15. The lowest BCUT2D eigenvalue weighted by Crippen LogP contribution is -2.38. The molecule has 0 aliphatic rings. The third-order valence-corrected chi connectivity index (χ3v) is 8.26. The number of carbonyl (C=O) groups is 3. The average Bonchev–Trinajstić information content (AvgIpc) is 3.02. The Balaban J connectivity index is 1.28. The van der Waals surface area contributed by atoms with E-state index in [4.69, 9.17) is 9.47 Å². The Hall–Kier alpha value is -5.10. The number of esters is 1. The van der Waals surface area contributed by atoms with Gasteiger partial charge in [-0.05, 0) is 55.8 Å². The van der Waals surface area contributed by atoms with Crippen LogP contribution in [-0.2, 0) is 35.7 Å². The molecule has 4 rings (SSSR count). The molecule has 0 spiro atoms. The van der Waals surface area contributed by atoms with E-state index in [9.17, 15) is 22.8 Å². The summed E-state index contributed by atoms with van der Waals surface area (Å²) in [4.78, 5) is 39.0. The minimum atomic E-state index is -3.92. The van der Waals surface area contributed by atoms with Gasteiger partial charge in [0, 0.05) is 41.9 Å². The fourth-order valence-corrected chi connectivity index (χ4v) is 5.60. The van der Waals surface area contributed by atoms with Crippen molar-refractivity contribution in [2.75, 3.05) is 42.2 Å². The first kappa shape index (κ1) is 32.8. The molecule has 11 nitrogen and oxygen atoms in total. The van der Waals surface area contributed by atoms with E-state index < -0.39 is 40.0 Å². The number of nitrogens with zero attached hydrogens (tertiary/aromatic N) is 1. The Kier molecular flexibility index (Phi) is 10.3. The van der Waals surface area contributed by atoms with Crippen LogP contribution >= 0.6 is 0 Å². The standard InChI is InChI=1S/C33H36N4O7S/c1-33(2,22-44-30(38)20-34-32(40)43-21-23-10-6-5-7-11-23)31(39)35-24-16-18-25(19-17-24)36-45(41,42)29-15-9-12-26-27(29)13-8-14-28(26)37(3)4/h5-19,36H,20-22H2,1-4H3,(H,34,40)(H,35,39). The summed E-state index contributed by atoms with van der Waals surface area (Å²) in [6.07, 6.45) is -0.769. The molecule has 0 fully saturated rings. The van der Waals surface area contributed by atoms with E-state index in [1.165, 1.54) is 0 Å². The number of anilines is 3. The first-order valence-corrected chi connectivity index (χ1v) is 15.6. The molecule has 0 aliphatic carbocycles. The highest BCUT2D eigenvalue weighted by molar-refractivity contribution is 7.93. The molecule has 4 aromatic carbocycles. The zero-order chi connectivity index (χ0) is 32.6. The molecule has 0 bridgehead atoms. The third kappa shape index (κ3) is 8.73. The topological polar surface area (TPSA) is 143 Å². The summed E-state index contributed by atoms with van der Waals surface area (Å²) >= 11 is 0. The van der Waals surface area contributed by atoms with E-state index in [1.54, 1.807) is 68.4 Å². The summed E-state index contributed by atoms with van der Waals surface area (Å²) in [5.41, 5.74) is 1.34. The molecular formula is C33H36N4O7S. The van der Waals surface area contributed by atoms with Gasteiger partial charge < -0.3 is 25.0 Å². The van der Waals surface area contributed by atoms with Crippen molar-refractivity contribution >= 4 is 55.8 Å². The number of alkyl carbamates (subject to hydrolysis) is 1. The van der Waals surface area contributed by atoms with Crippen molar-refractivity contribution in [1.29, 1.82) is 0 Å². The number of fused-ring (bicyclic) bond motifs is 1. The smallest absolute Gasteiger partial charge is 0.407 e. The lowest BCUT2D eigenvalue weighted by molar-refractivity contribution is -0.147. The number of nitrogens with one attached hydrogen (secondary N) is 3. The monoisotopic (exact) mass is 632 g/mol. The van der Waals surface area contributed by atoms with Crippen LogP contribution in [-0.4, -0.2) is 53.6 Å². The van der Waals surface area contributed by atoms with E-state index in [0.29, 0.717) is 16.8 Å². The number of hydrogen-bond acceptors (Lipinski definition) is 8. The minimum absolute atomic E-state index is 0.0593. The number of hydrogen-bond donors (Lipinski definition) is 3. The summed E-state index contributed by atoms with van der Waals surface area (Å²) in [5, 5.41) is 6.48. The molecular weight excluding hydrogens is 596 g/mol. The molecule has 0 saturated heterocycles. The molecule has 0 saturated carbocycles. The largest absolute Gasteiger partial charge is 0.463 e. The Labute approximate surface area is 262 Å². The molecule has 236 valence electrons. The molecule has 2 amide bonds. The van der Waals surface area contributed by atoms with Crippen molar-refractivity contribution in [3.8, 4) is 0 Å². The van der Waals surface area contributed by atoms with Gasteiger partial charge >= 0.3 is 12.1 Å². The molecule has 3 N–H and O–H groups in total. The van der Waals surface area contributed by atoms with Crippen LogP contribution in [0.25, 0.3) is 10.8 Å². The highest BCUT2D eigenvalue weighted by Crippen LogP contribution is 2.31. The van der Waals surface area contributed by atoms with Crippen LogP contribution in [0.5, 0.6) is 0 Å². The van der Waals surface area contributed by atoms with E-state index in [-0.39, 0.29) is 18.1 Å². The first-order chi connectivity index (χ1) is 21.4. The van der Waals surface area contributed by atoms with Crippen molar-refractivity contribution in [2.45, 2.75) is 25.3 Å². The van der Waals surface area contributed by atoms with Gasteiger partial charge in [0.15, 0.2) is 0 Å². The summed E-state index contributed by atoms with van der Waals surface area (Å²) in [7, 11) is -0.126. The van der Waals surface area contributed by atoms with Crippen LogP contribution in [0, 0.1) is 5.41 Å². The number of ether oxygens (including phenoxy) is 2. The van der Waals surface area contributed by atoms with Crippen LogP contribution in [0.4, 0.5) is 21.9 Å². The van der Waals surface area contributed by atoms with E-state index in [1.807, 2.05) is 55.4 Å². The maximum absolute atomic E-state index is 13.3. The van der Waals surface area contributed by atoms with Crippen molar-refractivity contribution < 1.29 is 32.3 Å². The molecule has 0 unspecified atom stereocenters. The molecule has 0 aliphatic heterocycles. The van der Waals surface area contributed by atoms with Crippen molar-refractivity contribution in [2.24, 2.45) is 5.41 Å². The lowest BCUT2D eigenvalue weighted by Gasteiger charge is -2.23. The second-order valence-electron chi connectivity index (χ2n) is 11.1. The van der Waals surface area contributed by atoms with Crippen LogP contribution in [0.3, 0.4) is 0 Å². The maximum atomic E-state index is 13.3. The molecule has 45 heavy (non-hydrogen) atoms. The fourth-order valence-electron chi connectivity index (χ4n) is 4.32. The number of carbonyl (C=O) groups excluding carboxylic acids is 3. The van der Waals surface area contributed by atoms with Crippen LogP contribution in [0.15, 0.2) is 95.9 Å². The van der Waals surface area contributed by atoms with Crippen LogP contribution < -0.4 is 20.3 Å². The normalized spacial score (nSPS) is 11.4. The quantitative estimate of drug-likeness (QED) is 0.182. The van der Waals surface area contributed by atoms with Gasteiger partial charge in [-0.15, -0.1) is 0 Å². The zero-order valence-electron chi connectivity index (χ0n) is 25.5. The Morgan fingerprint density at radius 1 is 0.778 bits per heavy atom. The van der Waals surface area contributed by atoms with E-state index in [2.05, 4.69) is 15.4 Å². The molecule has 0 radical (unpaired) electrons. The number of amides is 2. The molecule has 0 heterocycles. The lowest BCUT2D eigenvalue weighted by atomic mass is 9.93. The molecule has 12 heteroatoms. The van der Waals surface area contributed by atoms with E-state index >= 15 is 0 Å². The molecule has 0 aromatic heterocycles. The van der Waals surface area contributed by atoms with Gasteiger partial charge in [-0.3, -0.25) is 14.3 Å². The predicted molar refractivity (Wildman–Crippen MR) is 174 cm³/mol. The van der Waals surface area contributed by atoms with Gasteiger partial charge in [0.2, 0.25) is 5.91 Å². The van der Waals surface area contributed by atoms with Gasteiger partial charge in [0.25, 0.3) is 10.0 Å². The van der Waals surface area contributed by atoms with Gasteiger partial charge in [-0.1, -0.05) is 54.6 Å². The Morgan fingerprint density at radius 3 is 2.11 bits per heavy atom.